The highest BCUT2D eigenvalue weighted by molar-refractivity contribution is 5.95. The van der Waals surface area contributed by atoms with Crippen LogP contribution in [0.2, 0.25) is 0 Å². The van der Waals surface area contributed by atoms with E-state index in [0.29, 0.717) is 24.4 Å². The van der Waals surface area contributed by atoms with Crippen molar-refractivity contribution >= 4 is 17.5 Å². The highest BCUT2D eigenvalue weighted by atomic mass is 16.1. The maximum Gasteiger partial charge on any atom is 0.248 e. The van der Waals surface area contributed by atoms with Crippen LogP contribution in [0.5, 0.6) is 0 Å². The molecule has 0 saturated heterocycles. The van der Waals surface area contributed by atoms with Crippen LogP contribution in [-0.2, 0) is 13.5 Å². The summed E-state index contributed by atoms with van der Waals surface area (Å²) in [4.78, 5) is 20.6. The SMILES string of the molecule is Cc1cnc(Nc2cnn(C)c2)nc1-c1ccc(C(N)=O)c(CCC#N)c1. The summed E-state index contributed by atoms with van der Waals surface area (Å²) in [6.07, 6.45) is 6.00. The predicted octanol–water partition coefficient (Wildman–Crippen LogP) is 2.48. The van der Waals surface area contributed by atoms with Crippen LogP contribution in [-0.4, -0.2) is 25.7 Å². The topological polar surface area (TPSA) is 123 Å². The molecule has 0 aliphatic heterocycles. The summed E-state index contributed by atoms with van der Waals surface area (Å²) in [6.45, 7) is 1.92. The van der Waals surface area contributed by atoms with E-state index in [2.05, 4.69) is 26.5 Å². The van der Waals surface area contributed by atoms with Crippen molar-refractivity contribution in [3.05, 3.63) is 53.5 Å². The molecule has 8 nitrogen and oxygen atoms in total. The molecule has 2 aromatic heterocycles. The number of rotatable bonds is 6. The molecular weight excluding hydrogens is 342 g/mol. The predicted molar refractivity (Wildman–Crippen MR) is 101 cm³/mol. The summed E-state index contributed by atoms with van der Waals surface area (Å²) in [6, 6.07) is 7.44. The van der Waals surface area contributed by atoms with Crippen LogP contribution >= 0.6 is 0 Å². The molecule has 2 heterocycles. The Labute approximate surface area is 156 Å². The number of nitriles is 1. The van der Waals surface area contributed by atoms with Crippen LogP contribution in [0.3, 0.4) is 0 Å². The van der Waals surface area contributed by atoms with Crippen LogP contribution in [0, 0.1) is 18.3 Å². The molecule has 1 amide bonds. The molecule has 0 unspecified atom stereocenters. The Balaban J connectivity index is 1.98. The minimum atomic E-state index is -0.507. The van der Waals surface area contributed by atoms with Gasteiger partial charge in [-0.1, -0.05) is 6.07 Å². The summed E-state index contributed by atoms with van der Waals surface area (Å²) in [5.74, 6) is -0.0611. The lowest BCUT2D eigenvalue weighted by molar-refractivity contribution is 0.0999. The molecule has 0 bridgehead atoms. The number of hydrogen-bond donors (Lipinski definition) is 2. The fraction of sp³-hybridized carbons (Fsp3) is 0.211. The summed E-state index contributed by atoms with van der Waals surface area (Å²) < 4.78 is 1.68. The number of aryl methyl sites for hydroxylation is 3. The van der Waals surface area contributed by atoms with Crippen molar-refractivity contribution in [3.63, 3.8) is 0 Å². The third-order valence-corrected chi connectivity index (χ3v) is 4.08. The molecule has 8 heteroatoms. The molecule has 0 aliphatic carbocycles. The quantitative estimate of drug-likeness (QED) is 0.695. The monoisotopic (exact) mass is 361 g/mol. The van der Waals surface area contributed by atoms with Crippen LogP contribution in [0.4, 0.5) is 11.6 Å². The van der Waals surface area contributed by atoms with E-state index in [1.165, 1.54) is 0 Å². The molecule has 3 N–H and O–H groups in total. The zero-order chi connectivity index (χ0) is 19.4. The van der Waals surface area contributed by atoms with Gasteiger partial charge < -0.3 is 11.1 Å². The first kappa shape index (κ1) is 18.1. The first-order chi connectivity index (χ1) is 13.0. The molecule has 3 rings (SSSR count). The number of amides is 1. The van der Waals surface area contributed by atoms with Gasteiger partial charge in [0.05, 0.1) is 23.6 Å². The summed E-state index contributed by atoms with van der Waals surface area (Å²) in [5, 5.41) is 16.1. The largest absolute Gasteiger partial charge is 0.366 e. The molecular formula is C19H19N7O. The van der Waals surface area contributed by atoms with Gasteiger partial charge in [-0.15, -0.1) is 0 Å². The van der Waals surface area contributed by atoms with Crippen LogP contribution < -0.4 is 11.1 Å². The number of nitrogens with two attached hydrogens (primary N) is 1. The third-order valence-electron chi connectivity index (χ3n) is 4.08. The molecule has 1 aromatic carbocycles. The number of carbonyl (C=O) groups is 1. The molecule has 0 saturated carbocycles. The number of benzene rings is 1. The first-order valence-electron chi connectivity index (χ1n) is 8.37. The number of aromatic nitrogens is 4. The standard InChI is InChI=1S/C19H19N7O/c1-12-9-22-19(24-15-10-23-26(2)11-15)25-17(12)14-5-6-16(18(21)27)13(8-14)4-3-7-20/h5-6,8-11H,3-4H2,1-2H3,(H2,21,27)(H,22,24,25). The van der Waals surface area contributed by atoms with Crippen molar-refractivity contribution in [1.29, 1.82) is 5.26 Å². The summed E-state index contributed by atoms with van der Waals surface area (Å²) in [7, 11) is 1.83. The zero-order valence-electron chi connectivity index (χ0n) is 15.1. The van der Waals surface area contributed by atoms with Gasteiger partial charge in [-0.2, -0.15) is 10.4 Å². The Kier molecular flexibility index (Phi) is 5.13. The Bertz CT molecular complexity index is 1030. The smallest absolute Gasteiger partial charge is 0.248 e. The molecule has 3 aromatic rings. The van der Waals surface area contributed by atoms with Crippen molar-refractivity contribution in [1.82, 2.24) is 19.7 Å². The minimum absolute atomic E-state index is 0.306. The van der Waals surface area contributed by atoms with E-state index >= 15 is 0 Å². The number of anilines is 2. The minimum Gasteiger partial charge on any atom is -0.366 e. The van der Waals surface area contributed by atoms with Gasteiger partial charge in [-0.25, -0.2) is 9.97 Å². The maximum absolute atomic E-state index is 11.7. The van der Waals surface area contributed by atoms with Gasteiger partial charge in [0.1, 0.15) is 0 Å². The molecule has 0 radical (unpaired) electrons. The van der Waals surface area contributed by atoms with E-state index < -0.39 is 5.91 Å². The van der Waals surface area contributed by atoms with Crippen molar-refractivity contribution in [3.8, 4) is 17.3 Å². The Morgan fingerprint density at radius 1 is 1.37 bits per heavy atom. The lowest BCUT2D eigenvalue weighted by atomic mass is 9.97. The maximum atomic E-state index is 11.7. The number of nitrogens with one attached hydrogen (secondary N) is 1. The Hall–Kier alpha value is -3.73. The fourth-order valence-corrected chi connectivity index (χ4v) is 2.79. The third kappa shape index (κ3) is 4.10. The van der Waals surface area contributed by atoms with Crippen LogP contribution in [0.1, 0.15) is 27.9 Å². The molecule has 0 fully saturated rings. The average Bonchev–Trinajstić information content (AvgIpc) is 3.06. The zero-order valence-corrected chi connectivity index (χ0v) is 15.1. The summed E-state index contributed by atoms with van der Waals surface area (Å²) >= 11 is 0. The fourth-order valence-electron chi connectivity index (χ4n) is 2.79. The van der Waals surface area contributed by atoms with Gasteiger partial charge in [-0.3, -0.25) is 9.48 Å². The van der Waals surface area contributed by atoms with Crippen molar-refractivity contribution in [2.75, 3.05) is 5.32 Å². The second kappa shape index (κ2) is 7.66. The van der Waals surface area contributed by atoms with Crippen molar-refractivity contribution in [2.24, 2.45) is 12.8 Å². The lowest BCUT2D eigenvalue weighted by Gasteiger charge is -2.11. The highest BCUT2D eigenvalue weighted by Crippen LogP contribution is 2.26. The Morgan fingerprint density at radius 3 is 2.85 bits per heavy atom. The van der Waals surface area contributed by atoms with Gasteiger partial charge in [0.25, 0.3) is 0 Å². The van der Waals surface area contributed by atoms with Gasteiger partial charge >= 0.3 is 0 Å². The van der Waals surface area contributed by atoms with E-state index in [4.69, 9.17) is 11.0 Å². The van der Waals surface area contributed by atoms with E-state index in [-0.39, 0.29) is 0 Å². The number of carbonyl (C=O) groups excluding carboxylic acids is 1. The van der Waals surface area contributed by atoms with E-state index in [0.717, 1.165) is 28.1 Å². The number of nitrogens with zero attached hydrogens (tertiary/aromatic N) is 5. The molecule has 136 valence electrons. The highest BCUT2D eigenvalue weighted by Gasteiger charge is 2.13. The van der Waals surface area contributed by atoms with E-state index in [9.17, 15) is 4.79 Å². The van der Waals surface area contributed by atoms with Crippen LogP contribution in [0.25, 0.3) is 11.3 Å². The number of primary amides is 1. The van der Waals surface area contributed by atoms with Gasteiger partial charge in [0, 0.05) is 37.0 Å². The lowest BCUT2D eigenvalue weighted by Crippen LogP contribution is -2.14. The Morgan fingerprint density at radius 2 is 2.19 bits per heavy atom. The normalized spacial score (nSPS) is 10.4. The van der Waals surface area contributed by atoms with Gasteiger partial charge in [-0.05, 0) is 36.6 Å². The first-order valence-corrected chi connectivity index (χ1v) is 8.37. The van der Waals surface area contributed by atoms with Crippen LogP contribution in [0.15, 0.2) is 36.8 Å². The second-order valence-electron chi connectivity index (χ2n) is 6.15. The molecule has 27 heavy (non-hydrogen) atoms. The van der Waals surface area contributed by atoms with Crippen molar-refractivity contribution in [2.45, 2.75) is 19.8 Å². The van der Waals surface area contributed by atoms with Gasteiger partial charge in [0.15, 0.2) is 0 Å². The molecule has 0 atom stereocenters. The average molecular weight is 361 g/mol. The second-order valence-corrected chi connectivity index (χ2v) is 6.15. The number of hydrogen-bond acceptors (Lipinski definition) is 6. The van der Waals surface area contributed by atoms with Crippen molar-refractivity contribution < 1.29 is 4.79 Å². The van der Waals surface area contributed by atoms with Gasteiger partial charge in [0.2, 0.25) is 11.9 Å². The molecule has 0 aliphatic rings. The van der Waals surface area contributed by atoms with E-state index in [1.807, 2.05) is 26.2 Å². The van der Waals surface area contributed by atoms with E-state index in [1.54, 1.807) is 29.2 Å². The molecule has 0 spiro atoms. The summed E-state index contributed by atoms with van der Waals surface area (Å²) in [5.41, 5.74) is 9.87.